The number of anilines is 1. The molecule has 1 aliphatic carbocycles. The summed E-state index contributed by atoms with van der Waals surface area (Å²) < 4.78 is 1.83. The molecule has 0 saturated heterocycles. The van der Waals surface area contributed by atoms with E-state index in [2.05, 4.69) is 10.1 Å². The van der Waals surface area contributed by atoms with Crippen LogP contribution >= 0.6 is 0 Å². The van der Waals surface area contributed by atoms with Gasteiger partial charge in [-0.15, -0.1) is 0 Å². The van der Waals surface area contributed by atoms with E-state index in [1.54, 1.807) is 6.20 Å². The maximum atomic E-state index is 13.4. The molecule has 5 nitrogen and oxygen atoms in total. The first-order valence-electron chi connectivity index (χ1n) is 9.34. The van der Waals surface area contributed by atoms with E-state index in [0.29, 0.717) is 18.2 Å². The van der Waals surface area contributed by atoms with Gasteiger partial charge in [0.05, 0.1) is 23.1 Å². The standard InChI is InChI=1S/C21H24N4O/c1-4-24-20(12-19(23-24)15-9-10-15)21(26)25(14(2)3)17-11-16-7-5-6-8-18(16)22-13-17/h5-8,11-15H,4,9-10H2,1-3H3. The van der Waals surface area contributed by atoms with Crippen molar-refractivity contribution in [2.45, 2.75) is 52.1 Å². The molecule has 1 fully saturated rings. The fourth-order valence-electron chi connectivity index (χ4n) is 3.39. The van der Waals surface area contributed by atoms with Crippen LogP contribution in [0, 0.1) is 0 Å². The van der Waals surface area contributed by atoms with Crippen LogP contribution in [0.2, 0.25) is 0 Å². The molecule has 0 radical (unpaired) electrons. The number of rotatable bonds is 5. The summed E-state index contributed by atoms with van der Waals surface area (Å²) in [7, 11) is 0. The molecule has 2 heterocycles. The van der Waals surface area contributed by atoms with E-state index in [-0.39, 0.29) is 11.9 Å². The molecular weight excluding hydrogens is 324 g/mol. The SMILES string of the molecule is CCn1nc(C2CC2)cc1C(=O)N(c1cnc2ccccc2c1)C(C)C. The number of hydrogen-bond donors (Lipinski definition) is 0. The normalized spacial score (nSPS) is 14.2. The molecule has 0 aliphatic heterocycles. The zero-order valence-electron chi connectivity index (χ0n) is 15.5. The topological polar surface area (TPSA) is 51.0 Å². The molecule has 0 spiro atoms. The van der Waals surface area contributed by atoms with Gasteiger partial charge in [-0.2, -0.15) is 5.10 Å². The summed E-state index contributed by atoms with van der Waals surface area (Å²) in [5, 5.41) is 5.68. The quantitative estimate of drug-likeness (QED) is 0.687. The highest BCUT2D eigenvalue weighted by Crippen LogP contribution is 2.39. The Morgan fingerprint density at radius 2 is 2.04 bits per heavy atom. The van der Waals surface area contributed by atoms with Crippen molar-refractivity contribution in [2.24, 2.45) is 0 Å². The Hall–Kier alpha value is -2.69. The van der Waals surface area contributed by atoms with Crippen LogP contribution in [-0.4, -0.2) is 26.7 Å². The largest absolute Gasteiger partial charge is 0.303 e. The average Bonchev–Trinajstić information content (AvgIpc) is 3.40. The van der Waals surface area contributed by atoms with E-state index in [4.69, 9.17) is 0 Å². The highest BCUT2D eigenvalue weighted by Gasteiger charge is 2.30. The van der Waals surface area contributed by atoms with E-state index in [1.165, 1.54) is 12.8 Å². The van der Waals surface area contributed by atoms with Crippen LogP contribution in [0.25, 0.3) is 10.9 Å². The number of aromatic nitrogens is 3. The Bertz CT molecular complexity index is 956. The van der Waals surface area contributed by atoms with Crippen molar-refractivity contribution in [1.29, 1.82) is 0 Å². The summed E-state index contributed by atoms with van der Waals surface area (Å²) in [6.45, 7) is 6.77. The molecule has 26 heavy (non-hydrogen) atoms. The van der Waals surface area contributed by atoms with E-state index >= 15 is 0 Å². The Kier molecular flexibility index (Phi) is 4.23. The first-order chi connectivity index (χ1) is 12.6. The molecule has 3 aromatic rings. The molecule has 1 aromatic carbocycles. The van der Waals surface area contributed by atoms with Gasteiger partial charge >= 0.3 is 0 Å². The lowest BCUT2D eigenvalue weighted by Gasteiger charge is -2.27. The van der Waals surface area contributed by atoms with E-state index < -0.39 is 0 Å². The maximum Gasteiger partial charge on any atom is 0.276 e. The van der Waals surface area contributed by atoms with Crippen molar-refractivity contribution in [1.82, 2.24) is 14.8 Å². The number of nitrogens with zero attached hydrogens (tertiary/aromatic N) is 4. The van der Waals surface area contributed by atoms with Gasteiger partial charge in [0, 0.05) is 23.9 Å². The molecule has 0 atom stereocenters. The van der Waals surface area contributed by atoms with E-state index in [9.17, 15) is 4.79 Å². The lowest BCUT2D eigenvalue weighted by molar-refractivity contribution is 0.0970. The predicted molar refractivity (Wildman–Crippen MR) is 104 cm³/mol. The Balaban J connectivity index is 1.74. The number of carbonyl (C=O) groups is 1. The first-order valence-corrected chi connectivity index (χ1v) is 9.34. The molecule has 2 aromatic heterocycles. The van der Waals surface area contributed by atoms with Crippen LogP contribution in [0.15, 0.2) is 42.6 Å². The zero-order valence-corrected chi connectivity index (χ0v) is 15.5. The first kappa shape index (κ1) is 16.8. The number of carbonyl (C=O) groups excluding carboxylic acids is 1. The lowest BCUT2D eigenvalue weighted by Crippen LogP contribution is -2.38. The van der Waals surface area contributed by atoms with Crippen LogP contribution in [0.1, 0.15) is 55.7 Å². The molecule has 134 valence electrons. The summed E-state index contributed by atoms with van der Waals surface area (Å²) in [5.41, 5.74) is 3.47. The summed E-state index contributed by atoms with van der Waals surface area (Å²) >= 11 is 0. The molecule has 5 heteroatoms. The Labute approximate surface area is 153 Å². The zero-order chi connectivity index (χ0) is 18.3. The van der Waals surface area contributed by atoms with Gasteiger partial charge in [-0.25, -0.2) is 0 Å². The molecule has 4 rings (SSSR count). The minimum absolute atomic E-state index is 0.0154. The van der Waals surface area contributed by atoms with Crippen molar-refractivity contribution in [3.8, 4) is 0 Å². The van der Waals surface area contributed by atoms with Gasteiger partial charge < -0.3 is 4.90 Å². The third kappa shape index (κ3) is 2.98. The highest BCUT2D eigenvalue weighted by molar-refractivity contribution is 6.06. The van der Waals surface area contributed by atoms with Crippen LogP contribution in [0.5, 0.6) is 0 Å². The van der Waals surface area contributed by atoms with Gasteiger partial charge in [0.15, 0.2) is 0 Å². The van der Waals surface area contributed by atoms with E-state index in [1.807, 2.05) is 66.8 Å². The number of fused-ring (bicyclic) bond motifs is 1. The summed E-state index contributed by atoms with van der Waals surface area (Å²) in [4.78, 5) is 19.7. The Morgan fingerprint density at radius 1 is 1.27 bits per heavy atom. The smallest absolute Gasteiger partial charge is 0.276 e. The van der Waals surface area contributed by atoms with Crippen LogP contribution < -0.4 is 4.90 Å². The fourth-order valence-corrected chi connectivity index (χ4v) is 3.39. The number of benzene rings is 1. The molecule has 0 unspecified atom stereocenters. The van der Waals surface area contributed by atoms with Gasteiger partial charge in [0.2, 0.25) is 0 Å². The molecule has 0 bridgehead atoms. The Morgan fingerprint density at radius 3 is 2.73 bits per heavy atom. The van der Waals surface area contributed by atoms with Gasteiger partial charge in [0.1, 0.15) is 5.69 Å². The van der Waals surface area contributed by atoms with Gasteiger partial charge in [-0.1, -0.05) is 18.2 Å². The number of pyridine rings is 1. The number of para-hydroxylation sites is 1. The van der Waals surface area contributed by atoms with E-state index in [0.717, 1.165) is 22.3 Å². The third-order valence-corrected chi connectivity index (χ3v) is 4.90. The highest BCUT2D eigenvalue weighted by atomic mass is 16.2. The molecule has 0 N–H and O–H groups in total. The van der Waals surface area contributed by atoms with Crippen molar-refractivity contribution >= 4 is 22.5 Å². The lowest BCUT2D eigenvalue weighted by atomic mass is 10.1. The van der Waals surface area contributed by atoms with Crippen LogP contribution in [0.4, 0.5) is 5.69 Å². The number of aryl methyl sites for hydroxylation is 1. The second-order valence-corrected chi connectivity index (χ2v) is 7.20. The average molecular weight is 348 g/mol. The summed E-state index contributed by atoms with van der Waals surface area (Å²) in [5.74, 6) is 0.516. The minimum Gasteiger partial charge on any atom is -0.303 e. The van der Waals surface area contributed by atoms with Crippen molar-refractivity contribution in [3.05, 3.63) is 54.0 Å². The maximum absolute atomic E-state index is 13.4. The van der Waals surface area contributed by atoms with Gasteiger partial charge in [0.25, 0.3) is 5.91 Å². The van der Waals surface area contributed by atoms with Crippen LogP contribution in [-0.2, 0) is 6.54 Å². The van der Waals surface area contributed by atoms with Crippen molar-refractivity contribution in [2.75, 3.05) is 4.90 Å². The molecule has 1 aliphatic rings. The summed E-state index contributed by atoms with van der Waals surface area (Å²) in [6.07, 6.45) is 4.14. The fraction of sp³-hybridized carbons (Fsp3) is 0.381. The van der Waals surface area contributed by atoms with Gasteiger partial charge in [-0.3, -0.25) is 14.5 Å². The molecular formula is C21H24N4O. The predicted octanol–water partition coefficient (Wildman–Crippen LogP) is 4.38. The summed E-state index contributed by atoms with van der Waals surface area (Å²) in [6, 6.07) is 12.0. The monoisotopic (exact) mass is 348 g/mol. The molecule has 1 saturated carbocycles. The van der Waals surface area contributed by atoms with Gasteiger partial charge in [-0.05, 0) is 51.8 Å². The second-order valence-electron chi connectivity index (χ2n) is 7.20. The number of hydrogen-bond acceptors (Lipinski definition) is 3. The van der Waals surface area contributed by atoms with Crippen molar-refractivity contribution < 1.29 is 4.79 Å². The minimum atomic E-state index is -0.0154. The second kappa shape index (κ2) is 6.56. The van der Waals surface area contributed by atoms with Crippen LogP contribution in [0.3, 0.4) is 0 Å². The third-order valence-electron chi connectivity index (χ3n) is 4.90. The van der Waals surface area contributed by atoms with Crippen molar-refractivity contribution in [3.63, 3.8) is 0 Å². The number of amides is 1. The molecule has 1 amide bonds.